The molecule has 0 spiro atoms. The lowest BCUT2D eigenvalue weighted by Gasteiger charge is -2.44. The Bertz CT molecular complexity index is 896. The lowest BCUT2D eigenvalue weighted by atomic mass is 9.84. The van der Waals surface area contributed by atoms with Crippen LogP contribution in [0.5, 0.6) is 5.75 Å². The minimum atomic E-state index is 0.231. The van der Waals surface area contributed by atoms with E-state index in [0.29, 0.717) is 11.8 Å². The summed E-state index contributed by atoms with van der Waals surface area (Å²) in [5.41, 5.74) is 5.26. The van der Waals surface area contributed by atoms with Crippen molar-refractivity contribution < 1.29 is 9.90 Å². The normalized spacial score (nSPS) is 23.5. The van der Waals surface area contributed by atoms with Gasteiger partial charge in [-0.3, -0.25) is 4.90 Å². The van der Waals surface area contributed by atoms with Gasteiger partial charge in [-0.1, -0.05) is 37.5 Å². The van der Waals surface area contributed by atoms with Crippen LogP contribution in [0, 0.1) is 5.92 Å². The van der Waals surface area contributed by atoms with Crippen molar-refractivity contribution >= 4 is 12.0 Å². The number of nitrogens with zero attached hydrogens (tertiary/aromatic N) is 2. The predicted molar refractivity (Wildman–Crippen MR) is 125 cm³/mol. The van der Waals surface area contributed by atoms with Crippen molar-refractivity contribution in [3.8, 4) is 5.75 Å². The summed E-state index contributed by atoms with van der Waals surface area (Å²) < 4.78 is 0. The second-order valence-corrected chi connectivity index (χ2v) is 9.62. The fourth-order valence-corrected chi connectivity index (χ4v) is 5.97. The van der Waals surface area contributed by atoms with Crippen LogP contribution in [-0.2, 0) is 11.2 Å². The fourth-order valence-electron chi connectivity index (χ4n) is 5.97. The number of phenols is 1. The van der Waals surface area contributed by atoms with Crippen molar-refractivity contribution in [2.24, 2.45) is 5.92 Å². The van der Waals surface area contributed by atoms with Gasteiger partial charge < -0.3 is 14.8 Å². The Labute approximate surface area is 185 Å². The highest BCUT2D eigenvalue weighted by atomic mass is 16.3. The molecular weight excluding hydrogens is 384 g/mol. The summed E-state index contributed by atoms with van der Waals surface area (Å²) in [7, 11) is 0. The second-order valence-electron chi connectivity index (χ2n) is 9.62. The number of phenolic OH excluding ortho intramolecular Hbond substituents is 1. The van der Waals surface area contributed by atoms with Gasteiger partial charge in [0.25, 0.3) is 0 Å². The molecule has 1 saturated carbocycles. The molecule has 5 rings (SSSR count). The minimum Gasteiger partial charge on any atom is -0.508 e. The maximum atomic E-state index is 11.1. The molecule has 2 aromatic rings. The van der Waals surface area contributed by atoms with Crippen LogP contribution in [-0.4, -0.2) is 42.0 Å². The average Bonchev–Trinajstić information content (AvgIpc) is 2.84. The molecule has 1 aliphatic carbocycles. The summed E-state index contributed by atoms with van der Waals surface area (Å²) in [5, 5.41) is 10.0. The molecule has 2 heterocycles. The number of hydrogen-bond acceptors (Lipinski definition) is 4. The van der Waals surface area contributed by atoms with Crippen molar-refractivity contribution in [2.45, 2.75) is 63.5 Å². The minimum absolute atomic E-state index is 0.231. The second kappa shape index (κ2) is 9.04. The number of aromatic hydroxyl groups is 1. The van der Waals surface area contributed by atoms with Crippen molar-refractivity contribution in [1.29, 1.82) is 0 Å². The topological polar surface area (TPSA) is 43.8 Å². The number of benzene rings is 2. The van der Waals surface area contributed by atoms with E-state index in [1.54, 1.807) is 0 Å². The van der Waals surface area contributed by atoms with Gasteiger partial charge in [0, 0.05) is 37.3 Å². The monoisotopic (exact) mass is 418 g/mol. The zero-order chi connectivity index (χ0) is 21.2. The predicted octanol–water partition coefficient (Wildman–Crippen LogP) is 5.09. The lowest BCUT2D eigenvalue weighted by molar-refractivity contribution is -0.111. The van der Waals surface area contributed by atoms with Crippen LogP contribution < -0.4 is 4.90 Å². The van der Waals surface area contributed by atoms with E-state index < -0.39 is 0 Å². The molecular formula is C27H34N2O2. The van der Waals surface area contributed by atoms with Crippen LogP contribution in [0.15, 0.2) is 42.5 Å². The summed E-state index contributed by atoms with van der Waals surface area (Å²) in [6, 6.07) is 16.0. The van der Waals surface area contributed by atoms with Crippen molar-refractivity contribution in [1.82, 2.24) is 4.90 Å². The molecule has 0 radical (unpaired) electrons. The van der Waals surface area contributed by atoms with Crippen LogP contribution >= 0.6 is 0 Å². The van der Waals surface area contributed by atoms with Crippen molar-refractivity contribution in [3.63, 3.8) is 0 Å². The Kier molecular flexibility index (Phi) is 5.99. The third kappa shape index (κ3) is 4.23. The quantitative estimate of drug-likeness (QED) is 0.703. The Morgan fingerprint density at radius 2 is 1.61 bits per heavy atom. The van der Waals surface area contributed by atoms with E-state index in [1.165, 1.54) is 54.5 Å². The zero-order valence-electron chi connectivity index (χ0n) is 18.4. The Morgan fingerprint density at radius 1 is 0.871 bits per heavy atom. The molecule has 4 nitrogen and oxygen atoms in total. The average molecular weight is 419 g/mol. The third-order valence-corrected chi connectivity index (χ3v) is 7.74. The highest BCUT2D eigenvalue weighted by Gasteiger charge is 2.34. The molecule has 0 amide bonds. The Hall–Kier alpha value is -2.33. The summed E-state index contributed by atoms with van der Waals surface area (Å²) in [4.78, 5) is 16.2. The van der Waals surface area contributed by atoms with Gasteiger partial charge >= 0.3 is 0 Å². The van der Waals surface area contributed by atoms with Crippen LogP contribution in [0.2, 0.25) is 0 Å². The van der Waals surface area contributed by atoms with Crippen LogP contribution in [0.25, 0.3) is 0 Å². The largest absolute Gasteiger partial charge is 0.508 e. The first-order chi connectivity index (χ1) is 15.2. The molecule has 0 unspecified atom stereocenters. The van der Waals surface area contributed by atoms with E-state index in [1.807, 2.05) is 12.1 Å². The van der Waals surface area contributed by atoms with Crippen LogP contribution in [0.3, 0.4) is 0 Å². The van der Waals surface area contributed by atoms with Gasteiger partial charge in [0.05, 0.1) is 6.04 Å². The number of aldehydes is 1. The first-order valence-electron chi connectivity index (χ1n) is 12.1. The van der Waals surface area contributed by atoms with Crippen LogP contribution in [0.4, 0.5) is 5.69 Å². The van der Waals surface area contributed by atoms with Crippen molar-refractivity contribution in [2.75, 3.05) is 24.5 Å². The molecule has 0 bridgehead atoms. The number of hydrogen-bond donors (Lipinski definition) is 1. The molecule has 3 aliphatic rings. The maximum absolute atomic E-state index is 11.1. The molecule has 2 fully saturated rings. The maximum Gasteiger partial charge on any atom is 0.123 e. The van der Waals surface area contributed by atoms with Gasteiger partial charge in [0.15, 0.2) is 0 Å². The molecule has 164 valence electrons. The molecule has 1 atom stereocenters. The SMILES string of the molecule is O=CC1CCN(c2ccc([C@@H]3c4ccc(O)cc4CCN3C3CCCCC3)cc2)CC1. The Balaban J connectivity index is 1.43. The molecule has 1 N–H and O–H groups in total. The molecule has 4 heteroatoms. The van der Waals surface area contributed by atoms with E-state index in [4.69, 9.17) is 0 Å². The highest BCUT2D eigenvalue weighted by Crippen LogP contribution is 2.40. The van der Waals surface area contributed by atoms with E-state index in [0.717, 1.165) is 45.2 Å². The summed E-state index contributed by atoms with van der Waals surface area (Å²) in [5.74, 6) is 0.604. The summed E-state index contributed by atoms with van der Waals surface area (Å²) >= 11 is 0. The fraction of sp³-hybridized carbons (Fsp3) is 0.519. The van der Waals surface area contributed by atoms with Gasteiger partial charge in [-0.05, 0) is 73.1 Å². The van der Waals surface area contributed by atoms with E-state index in [2.05, 4.69) is 40.1 Å². The smallest absolute Gasteiger partial charge is 0.123 e. The zero-order valence-corrected chi connectivity index (χ0v) is 18.4. The van der Waals surface area contributed by atoms with Gasteiger partial charge in [-0.15, -0.1) is 0 Å². The summed E-state index contributed by atoms with van der Waals surface area (Å²) in [6.07, 6.45) is 10.7. The molecule has 1 saturated heterocycles. The summed E-state index contributed by atoms with van der Waals surface area (Å²) in [6.45, 7) is 2.98. The molecule has 2 aliphatic heterocycles. The van der Waals surface area contributed by atoms with Gasteiger partial charge in [-0.25, -0.2) is 0 Å². The number of carbonyl (C=O) groups excluding carboxylic acids is 1. The molecule has 0 aromatic heterocycles. The number of fused-ring (bicyclic) bond motifs is 1. The van der Waals surface area contributed by atoms with E-state index >= 15 is 0 Å². The first-order valence-corrected chi connectivity index (χ1v) is 12.1. The first kappa shape index (κ1) is 20.6. The third-order valence-electron chi connectivity index (χ3n) is 7.74. The number of anilines is 1. The standard InChI is InChI=1S/C27H34N2O2/c30-19-20-12-15-28(16-13-20)23-8-6-21(7-9-23)27-26-11-10-25(31)18-22(26)14-17-29(27)24-4-2-1-3-5-24/h6-11,18-20,24,27,31H,1-5,12-17H2/t27-/m1/s1. The molecule has 31 heavy (non-hydrogen) atoms. The molecule has 2 aromatic carbocycles. The van der Waals surface area contributed by atoms with Crippen LogP contribution in [0.1, 0.15) is 67.7 Å². The number of carbonyl (C=O) groups is 1. The highest BCUT2D eigenvalue weighted by molar-refractivity contribution is 5.56. The van der Waals surface area contributed by atoms with Crippen molar-refractivity contribution in [3.05, 3.63) is 59.2 Å². The van der Waals surface area contributed by atoms with Gasteiger partial charge in [0.1, 0.15) is 12.0 Å². The number of rotatable bonds is 4. The Morgan fingerprint density at radius 3 is 2.32 bits per heavy atom. The lowest BCUT2D eigenvalue weighted by Crippen LogP contribution is -2.44. The van der Waals surface area contributed by atoms with E-state index in [-0.39, 0.29) is 12.0 Å². The number of piperidine rings is 1. The van der Waals surface area contributed by atoms with E-state index in [9.17, 15) is 9.90 Å². The van der Waals surface area contributed by atoms with Gasteiger partial charge in [-0.2, -0.15) is 0 Å². The van der Waals surface area contributed by atoms with Gasteiger partial charge in [0.2, 0.25) is 0 Å².